The summed E-state index contributed by atoms with van der Waals surface area (Å²) in [6, 6.07) is 0. The van der Waals surface area contributed by atoms with E-state index in [9.17, 15) is 14.4 Å². The smallest absolute Gasteiger partial charge is 0.306 e. The molecule has 54 heavy (non-hydrogen) atoms. The Balaban J connectivity index is 4.51. The number of unbranched alkanes of at least 4 members (excludes halogenated alkanes) is 19. The molecule has 0 spiro atoms. The van der Waals surface area contributed by atoms with Crippen LogP contribution in [0.5, 0.6) is 0 Å². The van der Waals surface area contributed by atoms with Gasteiger partial charge in [-0.3, -0.25) is 14.4 Å². The van der Waals surface area contributed by atoms with Crippen LogP contribution in [-0.4, -0.2) is 37.2 Å². The average molecular weight is 753 g/mol. The number of rotatable bonds is 38. The average Bonchev–Trinajstić information content (AvgIpc) is 3.17. The molecule has 0 aromatic carbocycles. The van der Waals surface area contributed by atoms with Gasteiger partial charge in [-0.25, -0.2) is 0 Å². The first-order chi connectivity index (χ1) is 26.5. The monoisotopic (exact) mass is 753 g/mol. The molecule has 0 bridgehead atoms. The fourth-order valence-corrected chi connectivity index (χ4v) is 5.76. The third kappa shape index (κ3) is 40.0. The van der Waals surface area contributed by atoms with E-state index in [1.165, 1.54) is 83.5 Å². The normalized spacial score (nSPS) is 12.7. The van der Waals surface area contributed by atoms with Crippen molar-refractivity contribution >= 4 is 17.9 Å². The van der Waals surface area contributed by atoms with Crippen molar-refractivity contribution < 1.29 is 28.6 Å². The lowest BCUT2D eigenvalue weighted by atomic mass is 10.1. The molecule has 1 unspecified atom stereocenters. The number of allylic oxidation sites excluding steroid dienone is 12. The summed E-state index contributed by atoms with van der Waals surface area (Å²) < 4.78 is 16.6. The zero-order valence-electron chi connectivity index (χ0n) is 35.0. The zero-order valence-corrected chi connectivity index (χ0v) is 35.0. The van der Waals surface area contributed by atoms with Crippen LogP contribution in [0.3, 0.4) is 0 Å². The Kier molecular flexibility index (Phi) is 40.1. The second kappa shape index (κ2) is 42.6. The van der Waals surface area contributed by atoms with Crippen molar-refractivity contribution in [2.75, 3.05) is 13.2 Å². The molecule has 0 heterocycles. The Morgan fingerprint density at radius 2 is 0.759 bits per heavy atom. The molecular weight excluding hydrogens is 673 g/mol. The Bertz CT molecular complexity index is 1050. The van der Waals surface area contributed by atoms with E-state index in [0.29, 0.717) is 19.3 Å². The first-order valence-electron chi connectivity index (χ1n) is 22.0. The van der Waals surface area contributed by atoms with Crippen molar-refractivity contribution in [3.8, 4) is 0 Å². The summed E-state index contributed by atoms with van der Waals surface area (Å²) in [5.41, 5.74) is 0. The molecule has 0 aliphatic rings. The molecular formula is C48H80O6. The van der Waals surface area contributed by atoms with Gasteiger partial charge in [0.05, 0.1) is 0 Å². The van der Waals surface area contributed by atoms with E-state index >= 15 is 0 Å². The summed E-state index contributed by atoms with van der Waals surface area (Å²) in [7, 11) is 0. The summed E-state index contributed by atoms with van der Waals surface area (Å²) in [5.74, 6) is -1.01. The van der Waals surface area contributed by atoms with Crippen LogP contribution in [0, 0.1) is 0 Å². The van der Waals surface area contributed by atoms with Gasteiger partial charge in [-0.15, -0.1) is 0 Å². The van der Waals surface area contributed by atoms with Crippen molar-refractivity contribution in [2.24, 2.45) is 0 Å². The molecule has 0 aromatic heterocycles. The van der Waals surface area contributed by atoms with Gasteiger partial charge in [0.15, 0.2) is 6.10 Å². The van der Waals surface area contributed by atoms with Crippen molar-refractivity contribution in [2.45, 2.75) is 200 Å². The van der Waals surface area contributed by atoms with Gasteiger partial charge < -0.3 is 14.2 Å². The molecule has 6 heteroatoms. The maximum absolute atomic E-state index is 12.7. The second-order valence-electron chi connectivity index (χ2n) is 14.3. The van der Waals surface area contributed by atoms with Gasteiger partial charge in [0.2, 0.25) is 0 Å². The lowest BCUT2D eigenvalue weighted by Crippen LogP contribution is -2.30. The van der Waals surface area contributed by atoms with Crippen LogP contribution in [0.4, 0.5) is 0 Å². The summed E-state index contributed by atoms with van der Waals surface area (Å²) in [6.45, 7) is 6.37. The number of hydrogen-bond acceptors (Lipinski definition) is 6. The minimum atomic E-state index is -0.813. The lowest BCUT2D eigenvalue weighted by molar-refractivity contribution is -0.167. The summed E-state index contributed by atoms with van der Waals surface area (Å²) >= 11 is 0. The fraction of sp³-hybridized carbons (Fsp3) is 0.688. The van der Waals surface area contributed by atoms with Crippen LogP contribution in [0.2, 0.25) is 0 Å². The van der Waals surface area contributed by atoms with E-state index in [4.69, 9.17) is 14.2 Å². The molecule has 0 aliphatic carbocycles. The Morgan fingerprint density at radius 3 is 1.24 bits per heavy atom. The molecule has 0 N–H and O–H groups in total. The predicted octanol–water partition coefficient (Wildman–Crippen LogP) is 13.9. The van der Waals surface area contributed by atoms with E-state index < -0.39 is 6.10 Å². The van der Waals surface area contributed by atoms with Gasteiger partial charge in [0.25, 0.3) is 0 Å². The number of carbonyl (C=O) groups is 3. The standard InChI is InChI=1S/C48H80O6/c1-4-7-10-13-16-19-21-23-25-26-29-32-35-38-41-47(50)53-44-45(43-52-46(49)40-37-34-31-28-18-15-12-9-6-3)54-48(51)42-39-36-33-30-27-24-22-20-17-14-11-8-5-2/h8,11,14,17,20,22,24-27,30,33,45H,4-7,9-10,12-13,15-16,18-19,21,23,28-29,31-32,34-44H2,1-3H3/b11-8-,17-14-,22-20-,26-25-,27-24-,33-30-. The molecule has 0 aromatic rings. The molecule has 308 valence electrons. The SMILES string of the molecule is CC\C=C/C=C\C=C/C=C\C=C/CCCC(=O)OC(COC(=O)CCCCC/C=C\CCCCCCCCC)COC(=O)CCCCCCCCCCC. The first-order valence-corrected chi connectivity index (χ1v) is 22.0. The van der Waals surface area contributed by atoms with E-state index in [2.05, 4.69) is 39.0 Å². The highest BCUT2D eigenvalue weighted by Gasteiger charge is 2.19. The number of hydrogen-bond donors (Lipinski definition) is 0. The van der Waals surface area contributed by atoms with E-state index in [-0.39, 0.29) is 37.5 Å². The van der Waals surface area contributed by atoms with Crippen molar-refractivity contribution in [1.29, 1.82) is 0 Å². The molecule has 0 saturated heterocycles. The Labute approximate surface area is 332 Å². The van der Waals surface area contributed by atoms with Crippen LogP contribution in [0.1, 0.15) is 194 Å². The zero-order chi connectivity index (χ0) is 39.4. The van der Waals surface area contributed by atoms with Crippen molar-refractivity contribution in [3.05, 3.63) is 72.9 Å². The molecule has 0 saturated carbocycles. The molecule has 0 fully saturated rings. The largest absolute Gasteiger partial charge is 0.462 e. The van der Waals surface area contributed by atoms with Crippen LogP contribution < -0.4 is 0 Å². The Hall–Kier alpha value is -3.15. The number of ether oxygens (including phenoxy) is 3. The molecule has 0 radical (unpaired) electrons. The van der Waals surface area contributed by atoms with Crippen LogP contribution in [0.15, 0.2) is 72.9 Å². The first kappa shape index (κ1) is 50.9. The molecule has 0 amide bonds. The molecule has 6 nitrogen and oxygen atoms in total. The minimum absolute atomic E-state index is 0.108. The molecule has 1 atom stereocenters. The van der Waals surface area contributed by atoms with Gasteiger partial charge in [0.1, 0.15) is 13.2 Å². The fourth-order valence-electron chi connectivity index (χ4n) is 5.76. The highest BCUT2D eigenvalue weighted by molar-refractivity contribution is 5.71. The summed E-state index contributed by atoms with van der Waals surface area (Å²) in [4.78, 5) is 37.6. The van der Waals surface area contributed by atoms with Gasteiger partial charge in [0, 0.05) is 19.3 Å². The highest BCUT2D eigenvalue weighted by Crippen LogP contribution is 2.13. The van der Waals surface area contributed by atoms with E-state index in [1.807, 2.05) is 54.7 Å². The maximum atomic E-state index is 12.7. The maximum Gasteiger partial charge on any atom is 0.306 e. The van der Waals surface area contributed by atoms with E-state index in [1.54, 1.807) is 0 Å². The lowest BCUT2D eigenvalue weighted by Gasteiger charge is -2.18. The third-order valence-electron chi connectivity index (χ3n) is 9.07. The topological polar surface area (TPSA) is 78.9 Å². The summed E-state index contributed by atoms with van der Waals surface area (Å²) in [5, 5.41) is 0. The second-order valence-corrected chi connectivity index (χ2v) is 14.3. The number of carbonyl (C=O) groups excluding carboxylic acids is 3. The van der Waals surface area contributed by atoms with Gasteiger partial charge >= 0.3 is 17.9 Å². The van der Waals surface area contributed by atoms with Gasteiger partial charge in [-0.05, 0) is 57.8 Å². The minimum Gasteiger partial charge on any atom is -0.462 e. The summed E-state index contributed by atoms with van der Waals surface area (Å²) in [6.07, 6.45) is 51.8. The van der Waals surface area contributed by atoms with Gasteiger partial charge in [-0.2, -0.15) is 0 Å². The molecule has 0 aliphatic heterocycles. The number of esters is 3. The van der Waals surface area contributed by atoms with Crippen LogP contribution in [-0.2, 0) is 28.6 Å². The third-order valence-corrected chi connectivity index (χ3v) is 9.07. The van der Waals surface area contributed by atoms with Crippen molar-refractivity contribution in [1.82, 2.24) is 0 Å². The van der Waals surface area contributed by atoms with Gasteiger partial charge in [-0.1, -0.05) is 190 Å². The Morgan fingerprint density at radius 1 is 0.389 bits per heavy atom. The van der Waals surface area contributed by atoms with E-state index in [0.717, 1.165) is 64.2 Å². The molecule has 0 rings (SSSR count). The van der Waals surface area contributed by atoms with Crippen molar-refractivity contribution in [3.63, 3.8) is 0 Å². The highest BCUT2D eigenvalue weighted by atomic mass is 16.6. The quantitative estimate of drug-likeness (QED) is 0.0205. The van der Waals surface area contributed by atoms with Crippen LogP contribution in [0.25, 0.3) is 0 Å². The van der Waals surface area contributed by atoms with Crippen LogP contribution >= 0.6 is 0 Å². The predicted molar refractivity (Wildman–Crippen MR) is 228 cm³/mol.